The highest BCUT2D eigenvalue weighted by molar-refractivity contribution is 5.87. The Balaban J connectivity index is 2.89. The number of phenolic OH excluding ortho intramolecular Hbond substituents is 2. The Morgan fingerprint density at radius 1 is 0.742 bits per heavy atom. The van der Waals surface area contributed by atoms with Gasteiger partial charge in [0.25, 0.3) is 0 Å². The number of benzene rings is 2. The van der Waals surface area contributed by atoms with Crippen LogP contribution in [0, 0.1) is 0 Å². The molecular formula is C25H32O6. The molecule has 0 unspecified atom stereocenters. The van der Waals surface area contributed by atoms with Gasteiger partial charge in [-0.2, -0.15) is 0 Å². The van der Waals surface area contributed by atoms with Crippen molar-refractivity contribution in [2.45, 2.75) is 70.6 Å². The van der Waals surface area contributed by atoms with E-state index >= 15 is 0 Å². The molecule has 0 saturated carbocycles. The molecule has 0 aromatic heterocycles. The van der Waals surface area contributed by atoms with Crippen molar-refractivity contribution in [3.8, 4) is 11.5 Å². The summed E-state index contributed by atoms with van der Waals surface area (Å²) in [6.45, 7) is 11.4. The van der Waals surface area contributed by atoms with Crippen molar-refractivity contribution < 1.29 is 30.0 Å². The number of carboxylic acid groups (broad SMARTS) is 2. The number of carboxylic acids is 2. The van der Waals surface area contributed by atoms with E-state index in [2.05, 4.69) is 0 Å². The number of phenols is 2. The lowest BCUT2D eigenvalue weighted by molar-refractivity contribution is -0.143. The van der Waals surface area contributed by atoms with Gasteiger partial charge in [-0.3, -0.25) is 9.59 Å². The van der Waals surface area contributed by atoms with Gasteiger partial charge in [-0.15, -0.1) is 0 Å². The molecule has 2 aromatic rings. The van der Waals surface area contributed by atoms with E-state index in [1.807, 2.05) is 41.5 Å². The Morgan fingerprint density at radius 2 is 1.13 bits per heavy atom. The van der Waals surface area contributed by atoms with Crippen molar-refractivity contribution >= 4 is 11.9 Å². The molecule has 0 atom stereocenters. The summed E-state index contributed by atoms with van der Waals surface area (Å²) in [6.07, 6.45) is -0.538. The Bertz CT molecular complexity index is 929. The van der Waals surface area contributed by atoms with Crippen molar-refractivity contribution in [3.05, 3.63) is 58.7 Å². The lowest BCUT2D eigenvalue weighted by Gasteiger charge is -2.33. The van der Waals surface area contributed by atoms with Gasteiger partial charge >= 0.3 is 11.9 Å². The van der Waals surface area contributed by atoms with Crippen molar-refractivity contribution in [3.63, 3.8) is 0 Å². The summed E-state index contributed by atoms with van der Waals surface area (Å²) in [4.78, 5) is 24.2. The summed E-state index contributed by atoms with van der Waals surface area (Å²) < 4.78 is 0. The molecule has 2 rings (SSSR count). The van der Waals surface area contributed by atoms with E-state index in [1.54, 1.807) is 12.1 Å². The fourth-order valence-electron chi connectivity index (χ4n) is 3.91. The van der Waals surface area contributed by atoms with E-state index in [-0.39, 0.29) is 24.3 Å². The maximum absolute atomic E-state index is 12.8. The van der Waals surface area contributed by atoms with Crippen molar-refractivity contribution in [2.75, 3.05) is 0 Å². The minimum atomic E-state index is -1.67. The molecule has 0 saturated heterocycles. The van der Waals surface area contributed by atoms with Crippen molar-refractivity contribution in [2.24, 2.45) is 0 Å². The zero-order chi connectivity index (χ0) is 23.8. The molecule has 0 bridgehead atoms. The predicted octanol–water partition coefficient (Wildman–Crippen LogP) is 4.93. The third kappa shape index (κ3) is 4.84. The molecule has 0 aliphatic heterocycles. The molecule has 6 heteroatoms. The first-order chi connectivity index (χ1) is 14.1. The van der Waals surface area contributed by atoms with Crippen LogP contribution in [0.1, 0.15) is 76.6 Å². The second kappa shape index (κ2) is 8.25. The number of hydrogen-bond donors (Lipinski definition) is 4. The van der Waals surface area contributed by atoms with Gasteiger partial charge in [-0.05, 0) is 51.6 Å². The first kappa shape index (κ1) is 24.3. The highest BCUT2D eigenvalue weighted by atomic mass is 16.4. The molecule has 2 aromatic carbocycles. The van der Waals surface area contributed by atoms with Crippen LogP contribution in [-0.4, -0.2) is 32.4 Å². The maximum atomic E-state index is 12.8. The summed E-state index contributed by atoms with van der Waals surface area (Å²) in [7, 11) is 0. The maximum Gasteiger partial charge on any atom is 0.318 e. The van der Waals surface area contributed by atoms with Crippen LogP contribution in [0.15, 0.2) is 36.4 Å². The van der Waals surface area contributed by atoms with Gasteiger partial charge in [0, 0.05) is 6.42 Å². The first-order valence-corrected chi connectivity index (χ1v) is 10.2. The topological polar surface area (TPSA) is 115 Å². The molecule has 0 spiro atoms. The van der Waals surface area contributed by atoms with Gasteiger partial charge < -0.3 is 20.4 Å². The Hall–Kier alpha value is -3.02. The zero-order valence-electron chi connectivity index (χ0n) is 19.0. The van der Waals surface area contributed by atoms with Crippen LogP contribution in [-0.2, 0) is 25.8 Å². The minimum absolute atomic E-state index is 0.0508. The van der Waals surface area contributed by atoms with Crippen molar-refractivity contribution in [1.82, 2.24) is 0 Å². The zero-order valence-corrected chi connectivity index (χ0v) is 19.0. The highest BCUT2D eigenvalue weighted by Crippen LogP contribution is 2.43. The van der Waals surface area contributed by atoms with Crippen LogP contribution in [0.25, 0.3) is 0 Å². The van der Waals surface area contributed by atoms with E-state index < -0.39 is 28.2 Å². The molecule has 0 amide bonds. The highest BCUT2D eigenvalue weighted by Gasteiger charge is 2.44. The largest absolute Gasteiger partial charge is 0.508 e. The van der Waals surface area contributed by atoms with Gasteiger partial charge in [-0.1, -0.05) is 65.8 Å². The summed E-state index contributed by atoms with van der Waals surface area (Å²) in [5, 5.41) is 40.5. The van der Waals surface area contributed by atoms with Crippen LogP contribution in [0.2, 0.25) is 0 Å². The SMILES string of the molecule is CC(C)(C)c1cc(C(CCC(=O)O)(C(=O)O)c2ccc(O)c(C(C)(C)C)c2)ccc1O. The molecule has 6 nitrogen and oxygen atoms in total. The van der Waals surface area contributed by atoms with Crippen LogP contribution >= 0.6 is 0 Å². The molecule has 0 radical (unpaired) electrons. The monoisotopic (exact) mass is 428 g/mol. The Kier molecular flexibility index (Phi) is 6.45. The van der Waals surface area contributed by atoms with E-state index in [1.165, 1.54) is 24.3 Å². The quantitative estimate of drug-likeness (QED) is 0.519. The Labute approximate surface area is 183 Å². The normalized spacial score (nSPS) is 12.6. The van der Waals surface area contributed by atoms with E-state index in [9.17, 15) is 30.0 Å². The number of carbonyl (C=O) groups is 2. The lowest BCUT2D eigenvalue weighted by atomic mass is 9.68. The van der Waals surface area contributed by atoms with E-state index in [0.717, 1.165) is 0 Å². The third-order valence-electron chi connectivity index (χ3n) is 5.67. The second-order valence-electron chi connectivity index (χ2n) is 10.1. The van der Waals surface area contributed by atoms with Crippen molar-refractivity contribution in [1.29, 1.82) is 0 Å². The smallest absolute Gasteiger partial charge is 0.318 e. The molecule has 0 heterocycles. The fraction of sp³-hybridized carbons (Fsp3) is 0.440. The standard InChI is InChI=1S/C25H32O6/c1-23(2,3)17-13-15(7-9-19(17)26)25(22(30)31,12-11-21(28)29)16-8-10-20(27)18(14-16)24(4,5)6/h7-10,13-14,26-27H,11-12H2,1-6H3,(H,28,29)(H,30,31). The summed E-state index contributed by atoms with van der Waals surface area (Å²) in [5.41, 5.74) is -0.670. The number of aliphatic carboxylic acids is 2. The number of hydrogen-bond acceptors (Lipinski definition) is 4. The van der Waals surface area contributed by atoms with Gasteiger partial charge in [-0.25, -0.2) is 0 Å². The average Bonchev–Trinajstić information content (AvgIpc) is 2.61. The summed E-state index contributed by atoms with van der Waals surface area (Å²) >= 11 is 0. The third-order valence-corrected chi connectivity index (χ3v) is 5.67. The molecule has 0 aliphatic rings. The van der Waals surface area contributed by atoms with Crippen LogP contribution in [0.5, 0.6) is 11.5 Å². The van der Waals surface area contributed by atoms with E-state index in [4.69, 9.17) is 0 Å². The first-order valence-electron chi connectivity index (χ1n) is 10.2. The Morgan fingerprint density at radius 3 is 1.42 bits per heavy atom. The van der Waals surface area contributed by atoms with Gasteiger partial charge in [0.1, 0.15) is 16.9 Å². The minimum Gasteiger partial charge on any atom is -0.508 e. The molecule has 0 aliphatic carbocycles. The average molecular weight is 429 g/mol. The fourth-order valence-corrected chi connectivity index (χ4v) is 3.91. The lowest BCUT2D eigenvalue weighted by Crippen LogP contribution is -2.38. The molecule has 31 heavy (non-hydrogen) atoms. The van der Waals surface area contributed by atoms with Gasteiger partial charge in [0.05, 0.1) is 0 Å². The summed E-state index contributed by atoms with van der Waals surface area (Å²) in [5.74, 6) is -2.19. The second-order valence-corrected chi connectivity index (χ2v) is 10.1. The van der Waals surface area contributed by atoms with Gasteiger partial charge in [0.2, 0.25) is 0 Å². The number of aromatic hydroxyl groups is 2. The van der Waals surface area contributed by atoms with Crippen LogP contribution in [0.4, 0.5) is 0 Å². The predicted molar refractivity (Wildman–Crippen MR) is 119 cm³/mol. The van der Waals surface area contributed by atoms with Crippen LogP contribution < -0.4 is 0 Å². The van der Waals surface area contributed by atoms with Gasteiger partial charge in [0.15, 0.2) is 0 Å². The van der Waals surface area contributed by atoms with E-state index in [0.29, 0.717) is 22.3 Å². The molecule has 4 N–H and O–H groups in total. The van der Waals surface area contributed by atoms with Crippen LogP contribution in [0.3, 0.4) is 0 Å². The molecule has 0 fully saturated rings. The number of rotatable bonds is 6. The molecular weight excluding hydrogens is 396 g/mol. The summed E-state index contributed by atoms with van der Waals surface area (Å²) in [6, 6.07) is 9.27. The molecule has 168 valence electrons.